The number of hydrogen-bond donors (Lipinski definition) is 2. The Kier molecular flexibility index (Phi) is 4.39. The quantitative estimate of drug-likeness (QED) is 0.656. The molecule has 0 saturated carbocycles. The van der Waals surface area contributed by atoms with Gasteiger partial charge in [-0.1, -0.05) is 60.7 Å². The Labute approximate surface area is 140 Å². The summed E-state index contributed by atoms with van der Waals surface area (Å²) >= 11 is 4.17. The van der Waals surface area contributed by atoms with Gasteiger partial charge in [-0.15, -0.1) is 0 Å². The lowest BCUT2D eigenvalue weighted by Crippen LogP contribution is -2.45. The molecule has 5 heteroatoms. The maximum atomic E-state index is 13.2. The van der Waals surface area contributed by atoms with Crippen molar-refractivity contribution in [2.75, 3.05) is 12.3 Å². The van der Waals surface area contributed by atoms with Crippen LogP contribution < -0.4 is 5.32 Å². The van der Waals surface area contributed by atoms with Crippen LogP contribution in [-0.2, 0) is 10.3 Å². The minimum Gasteiger partial charge on any atom is -0.315 e. The van der Waals surface area contributed by atoms with Gasteiger partial charge in [-0.2, -0.15) is 12.6 Å². The third kappa shape index (κ3) is 2.61. The second kappa shape index (κ2) is 6.46. The number of benzene rings is 2. The third-order valence-electron chi connectivity index (χ3n) is 4.06. The molecule has 0 spiro atoms. The number of carbonyl (C=O) groups is 2. The lowest BCUT2D eigenvalue weighted by molar-refractivity contribution is -0.130. The van der Waals surface area contributed by atoms with Gasteiger partial charge in [0.15, 0.2) is 5.54 Å². The second-order valence-electron chi connectivity index (χ2n) is 5.45. The summed E-state index contributed by atoms with van der Waals surface area (Å²) in [7, 11) is 0. The SMILES string of the molecule is O=C1NC(c2ccccc2)(c2ccccc2)C(=O)N1CCCS. The normalized spacial score (nSPS) is 16.5. The third-order valence-corrected chi connectivity index (χ3v) is 4.38. The van der Waals surface area contributed by atoms with Crippen molar-refractivity contribution in [2.45, 2.75) is 12.0 Å². The molecule has 0 aliphatic carbocycles. The smallest absolute Gasteiger partial charge is 0.315 e. The van der Waals surface area contributed by atoms with E-state index in [2.05, 4.69) is 17.9 Å². The molecule has 4 nitrogen and oxygen atoms in total. The van der Waals surface area contributed by atoms with Crippen LogP contribution in [0.15, 0.2) is 60.7 Å². The van der Waals surface area contributed by atoms with Gasteiger partial charge in [0.2, 0.25) is 0 Å². The molecule has 23 heavy (non-hydrogen) atoms. The summed E-state index contributed by atoms with van der Waals surface area (Å²) in [6, 6.07) is 18.4. The zero-order valence-electron chi connectivity index (χ0n) is 12.6. The fourth-order valence-electron chi connectivity index (χ4n) is 2.94. The largest absolute Gasteiger partial charge is 0.325 e. The lowest BCUT2D eigenvalue weighted by Gasteiger charge is -2.28. The molecule has 3 rings (SSSR count). The minimum atomic E-state index is -1.16. The van der Waals surface area contributed by atoms with Crippen molar-refractivity contribution in [3.63, 3.8) is 0 Å². The first-order valence-corrected chi connectivity index (χ1v) is 8.19. The van der Waals surface area contributed by atoms with Gasteiger partial charge in [0.1, 0.15) is 0 Å². The van der Waals surface area contributed by atoms with Gasteiger partial charge in [-0.25, -0.2) is 4.79 Å². The molecule has 2 aromatic carbocycles. The van der Waals surface area contributed by atoms with Gasteiger partial charge in [0, 0.05) is 6.54 Å². The predicted octanol–water partition coefficient (Wildman–Crippen LogP) is 2.80. The summed E-state index contributed by atoms with van der Waals surface area (Å²) in [4.78, 5) is 26.9. The number of carbonyl (C=O) groups excluding carboxylic acids is 2. The molecule has 0 aromatic heterocycles. The van der Waals surface area contributed by atoms with E-state index in [1.165, 1.54) is 4.90 Å². The molecule has 0 unspecified atom stereocenters. The van der Waals surface area contributed by atoms with Gasteiger partial charge in [-0.3, -0.25) is 9.69 Å². The van der Waals surface area contributed by atoms with Crippen LogP contribution in [0.25, 0.3) is 0 Å². The number of urea groups is 1. The number of nitrogens with zero attached hydrogens (tertiary/aromatic N) is 1. The Morgan fingerprint density at radius 3 is 1.91 bits per heavy atom. The topological polar surface area (TPSA) is 49.4 Å². The fourth-order valence-corrected chi connectivity index (χ4v) is 3.08. The zero-order chi connectivity index (χ0) is 16.3. The average Bonchev–Trinajstić information content (AvgIpc) is 2.86. The maximum Gasteiger partial charge on any atom is 0.325 e. The van der Waals surface area contributed by atoms with E-state index in [-0.39, 0.29) is 11.9 Å². The summed E-state index contributed by atoms with van der Waals surface area (Å²) in [5.74, 6) is 0.391. The first-order valence-electron chi connectivity index (χ1n) is 7.56. The van der Waals surface area contributed by atoms with Crippen LogP contribution in [0.5, 0.6) is 0 Å². The van der Waals surface area contributed by atoms with E-state index < -0.39 is 5.54 Å². The monoisotopic (exact) mass is 326 g/mol. The Morgan fingerprint density at radius 2 is 1.43 bits per heavy atom. The van der Waals surface area contributed by atoms with Crippen molar-refractivity contribution in [3.05, 3.63) is 71.8 Å². The number of thiol groups is 1. The highest BCUT2D eigenvalue weighted by Gasteiger charge is 2.53. The minimum absolute atomic E-state index is 0.235. The molecule has 1 heterocycles. The zero-order valence-corrected chi connectivity index (χ0v) is 13.5. The highest BCUT2D eigenvalue weighted by molar-refractivity contribution is 7.80. The van der Waals surface area contributed by atoms with Gasteiger partial charge in [0.25, 0.3) is 5.91 Å². The van der Waals surface area contributed by atoms with Crippen molar-refractivity contribution in [3.8, 4) is 0 Å². The lowest BCUT2D eigenvalue weighted by atomic mass is 9.82. The summed E-state index contributed by atoms with van der Waals surface area (Å²) in [5.41, 5.74) is 0.367. The molecule has 1 saturated heterocycles. The standard InChI is InChI=1S/C18H18N2O2S/c21-16-18(14-8-3-1-4-9-14,15-10-5-2-6-11-15)19-17(22)20(16)12-7-13-23/h1-6,8-11,23H,7,12-13H2,(H,19,22). The first kappa shape index (κ1) is 15.6. The summed E-state index contributed by atoms with van der Waals surface area (Å²) in [6.45, 7) is 0.371. The number of imide groups is 1. The molecular weight excluding hydrogens is 308 g/mol. The Balaban J connectivity index is 2.12. The Hall–Kier alpha value is -2.27. The van der Waals surface area contributed by atoms with Crippen LogP contribution in [0.1, 0.15) is 17.5 Å². The van der Waals surface area contributed by atoms with Crippen molar-refractivity contribution in [1.29, 1.82) is 0 Å². The summed E-state index contributed by atoms with van der Waals surface area (Å²) in [5, 5.41) is 2.92. The number of rotatable bonds is 5. The van der Waals surface area contributed by atoms with Crippen LogP contribution in [-0.4, -0.2) is 29.1 Å². The van der Waals surface area contributed by atoms with E-state index in [0.29, 0.717) is 18.7 Å². The predicted molar refractivity (Wildman–Crippen MR) is 92.4 cm³/mol. The molecule has 2 aromatic rings. The summed E-state index contributed by atoms with van der Waals surface area (Å²) in [6.07, 6.45) is 0.669. The Morgan fingerprint density at radius 1 is 0.913 bits per heavy atom. The van der Waals surface area contributed by atoms with Gasteiger partial charge in [0.05, 0.1) is 0 Å². The highest BCUT2D eigenvalue weighted by atomic mass is 32.1. The summed E-state index contributed by atoms with van der Waals surface area (Å²) < 4.78 is 0. The molecule has 0 atom stereocenters. The van der Waals surface area contributed by atoms with Crippen LogP contribution in [0.3, 0.4) is 0 Å². The van der Waals surface area contributed by atoms with Crippen LogP contribution >= 0.6 is 12.6 Å². The van der Waals surface area contributed by atoms with Gasteiger partial charge in [-0.05, 0) is 23.3 Å². The van der Waals surface area contributed by atoms with Crippen molar-refractivity contribution < 1.29 is 9.59 Å². The fraction of sp³-hybridized carbons (Fsp3) is 0.222. The van der Waals surface area contributed by atoms with Crippen molar-refractivity contribution >= 4 is 24.6 Å². The van der Waals surface area contributed by atoms with Crippen LogP contribution in [0.2, 0.25) is 0 Å². The average molecular weight is 326 g/mol. The molecular formula is C18H18N2O2S. The van der Waals surface area contributed by atoms with E-state index in [1.807, 2.05) is 60.7 Å². The molecule has 1 aliphatic rings. The molecule has 1 fully saturated rings. The van der Waals surface area contributed by atoms with Gasteiger partial charge >= 0.3 is 6.03 Å². The number of hydrogen-bond acceptors (Lipinski definition) is 3. The van der Waals surface area contributed by atoms with E-state index in [9.17, 15) is 9.59 Å². The second-order valence-corrected chi connectivity index (χ2v) is 5.89. The first-order chi connectivity index (χ1) is 11.2. The van der Waals surface area contributed by atoms with E-state index in [0.717, 1.165) is 11.1 Å². The van der Waals surface area contributed by atoms with Crippen molar-refractivity contribution in [2.24, 2.45) is 0 Å². The molecule has 1 aliphatic heterocycles. The number of nitrogens with one attached hydrogen (secondary N) is 1. The van der Waals surface area contributed by atoms with E-state index in [4.69, 9.17) is 0 Å². The van der Waals surface area contributed by atoms with E-state index in [1.54, 1.807) is 0 Å². The molecule has 1 N–H and O–H groups in total. The van der Waals surface area contributed by atoms with Crippen LogP contribution in [0, 0.1) is 0 Å². The Bertz CT molecular complexity index is 664. The van der Waals surface area contributed by atoms with Crippen LogP contribution in [0.4, 0.5) is 4.79 Å². The highest BCUT2D eigenvalue weighted by Crippen LogP contribution is 2.35. The molecule has 3 amide bonds. The maximum absolute atomic E-state index is 13.2. The molecule has 0 radical (unpaired) electrons. The van der Waals surface area contributed by atoms with Crippen molar-refractivity contribution in [1.82, 2.24) is 10.2 Å². The van der Waals surface area contributed by atoms with Gasteiger partial charge < -0.3 is 5.32 Å². The van der Waals surface area contributed by atoms with E-state index >= 15 is 0 Å². The number of amides is 3. The molecule has 0 bridgehead atoms. The molecule has 118 valence electrons.